The molecule has 0 unspecified atom stereocenters. The molecular weight excluding hydrogens is 532 g/mol. The van der Waals surface area contributed by atoms with Crippen LogP contribution in [0.1, 0.15) is 21.5 Å². The van der Waals surface area contributed by atoms with Crippen LogP contribution in [-0.2, 0) is 14.6 Å². The first kappa shape index (κ1) is 23.1. The SMILES string of the molecule is Cc1cccc(C(=O)Oc2ccc(/C=C3/C(=N)N4C(=NC3=O)SN=C4S(C)(=O)=O)cc2Br)c1. The standard InChI is InChI=1S/C21H15BrN4O5S2/c1-11-4-3-5-13(8-11)19(28)31-16-7-6-12(10-15(16)22)9-14-17(23)26-20(24-18(14)27)32-25-21(26)33(2,29)30/h3-10,23H,1-2H3/b14-9-,23-17?. The average Bonchev–Trinajstić information content (AvgIpc) is 3.17. The maximum atomic E-state index is 12.5. The van der Waals surface area contributed by atoms with Gasteiger partial charge in [-0.3, -0.25) is 10.2 Å². The molecule has 0 saturated heterocycles. The molecule has 0 aromatic heterocycles. The number of rotatable bonds is 3. The number of aliphatic imine (C=N–C) groups is 1. The number of esters is 1. The normalized spacial score (nSPS) is 17.1. The van der Waals surface area contributed by atoms with Crippen LogP contribution in [0.5, 0.6) is 5.75 Å². The van der Waals surface area contributed by atoms with Gasteiger partial charge in [-0.1, -0.05) is 23.8 Å². The zero-order valence-corrected chi connectivity index (χ0v) is 20.4. The zero-order valence-electron chi connectivity index (χ0n) is 17.2. The van der Waals surface area contributed by atoms with E-state index in [1.54, 1.807) is 36.4 Å². The summed E-state index contributed by atoms with van der Waals surface area (Å²) in [5.74, 6) is -1.27. The summed E-state index contributed by atoms with van der Waals surface area (Å²) in [5, 5.41) is 8.04. The van der Waals surface area contributed by atoms with Gasteiger partial charge in [0.2, 0.25) is 20.2 Å². The molecule has 0 spiro atoms. The second kappa shape index (κ2) is 8.69. The fourth-order valence-corrected chi connectivity index (χ4v) is 5.35. The summed E-state index contributed by atoms with van der Waals surface area (Å²) in [4.78, 5) is 29.8. The number of carbonyl (C=O) groups excluding carboxylic acids is 2. The number of hydrogen-bond acceptors (Lipinski definition) is 8. The highest BCUT2D eigenvalue weighted by Gasteiger charge is 2.41. The van der Waals surface area contributed by atoms with Crippen molar-refractivity contribution in [1.82, 2.24) is 4.90 Å². The van der Waals surface area contributed by atoms with E-state index in [4.69, 9.17) is 10.1 Å². The summed E-state index contributed by atoms with van der Waals surface area (Å²) in [6.07, 6.45) is 2.38. The van der Waals surface area contributed by atoms with Crippen LogP contribution in [0, 0.1) is 12.3 Å². The summed E-state index contributed by atoms with van der Waals surface area (Å²) in [5.41, 5.74) is 1.74. The first-order chi connectivity index (χ1) is 15.5. The Morgan fingerprint density at radius 2 is 2.00 bits per heavy atom. The first-order valence-corrected chi connectivity index (χ1v) is 12.8. The van der Waals surface area contributed by atoms with Crippen LogP contribution in [0.3, 0.4) is 0 Å². The van der Waals surface area contributed by atoms with Crippen molar-refractivity contribution in [3.05, 3.63) is 69.2 Å². The van der Waals surface area contributed by atoms with E-state index in [0.29, 0.717) is 15.6 Å². The third-order valence-corrected chi connectivity index (χ3v) is 6.92. The Bertz CT molecular complexity index is 1430. The number of halogens is 1. The molecule has 2 aliphatic heterocycles. The van der Waals surface area contributed by atoms with Crippen LogP contribution in [0.2, 0.25) is 0 Å². The fraction of sp³-hybridized carbons (Fsp3) is 0.0952. The predicted molar refractivity (Wildman–Crippen MR) is 130 cm³/mol. The number of aryl methyl sites for hydroxylation is 1. The summed E-state index contributed by atoms with van der Waals surface area (Å²) in [6.45, 7) is 1.87. The quantitative estimate of drug-likeness (QED) is 0.269. The van der Waals surface area contributed by atoms with E-state index in [0.717, 1.165) is 28.7 Å². The van der Waals surface area contributed by atoms with E-state index < -0.39 is 21.7 Å². The van der Waals surface area contributed by atoms with Crippen molar-refractivity contribution in [2.75, 3.05) is 6.26 Å². The molecule has 0 saturated carbocycles. The molecule has 168 valence electrons. The van der Waals surface area contributed by atoms with Crippen molar-refractivity contribution in [2.45, 2.75) is 6.92 Å². The number of carbonyl (C=O) groups is 2. The molecule has 2 aromatic carbocycles. The van der Waals surface area contributed by atoms with E-state index in [1.807, 2.05) is 13.0 Å². The van der Waals surface area contributed by atoms with Crippen LogP contribution < -0.4 is 4.74 Å². The Kier molecular flexibility index (Phi) is 6.08. The molecule has 33 heavy (non-hydrogen) atoms. The van der Waals surface area contributed by atoms with Gasteiger partial charge in [0.25, 0.3) is 5.91 Å². The highest BCUT2D eigenvalue weighted by molar-refractivity contribution is 9.10. The molecule has 9 nitrogen and oxygen atoms in total. The lowest BCUT2D eigenvalue weighted by Gasteiger charge is -2.23. The van der Waals surface area contributed by atoms with Crippen molar-refractivity contribution < 1.29 is 22.7 Å². The molecule has 0 atom stereocenters. The molecular formula is C21H15BrN4O5S2. The number of amides is 1. The lowest BCUT2D eigenvalue weighted by atomic mass is 10.1. The van der Waals surface area contributed by atoms with Gasteiger partial charge in [0.05, 0.1) is 27.6 Å². The minimum atomic E-state index is -3.73. The number of benzene rings is 2. The number of hydrogen-bond donors (Lipinski definition) is 1. The number of ether oxygens (including phenoxy) is 1. The molecule has 0 fully saturated rings. The lowest BCUT2D eigenvalue weighted by Crippen LogP contribution is -2.45. The Labute approximate surface area is 201 Å². The smallest absolute Gasteiger partial charge is 0.343 e. The predicted octanol–water partition coefficient (Wildman–Crippen LogP) is 3.60. The summed E-state index contributed by atoms with van der Waals surface area (Å²) in [7, 11) is -3.73. The molecule has 2 aromatic rings. The molecule has 0 aliphatic carbocycles. The highest BCUT2D eigenvalue weighted by Crippen LogP contribution is 2.31. The summed E-state index contributed by atoms with van der Waals surface area (Å²) >= 11 is 4.08. The molecule has 0 radical (unpaired) electrons. The van der Waals surface area contributed by atoms with Gasteiger partial charge in [-0.2, -0.15) is 9.39 Å². The van der Waals surface area contributed by atoms with E-state index >= 15 is 0 Å². The Hall–Kier alpha value is -3.09. The molecule has 2 heterocycles. The first-order valence-electron chi connectivity index (χ1n) is 9.32. The Balaban J connectivity index is 1.60. The van der Waals surface area contributed by atoms with Crippen LogP contribution in [0.25, 0.3) is 6.08 Å². The second-order valence-electron chi connectivity index (χ2n) is 7.13. The molecule has 2 aliphatic rings. The van der Waals surface area contributed by atoms with Gasteiger partial charge in [0.1, 0.15) is 11.6 Å². The third-order valence-electron chi connectivity index (χ3n) is 4.55. The van der Waals surface area contributed by atoms with Gasteiger partial charge in [-0.05, 0) is 58.8 Å². The summed E-state index contributed by atoms with van der Waals surface area (Å²) in [6, 6.07) is 11.8. The van der Waals surface area contributed by atoms with Gasteiger partial charge in [0, 0.05) is 6.26 Å². The molecule has 1 amide bonds. The number of amidine groups is 3. The van der Waals surface area contributed by atoms with Crippen LogP contribution in [-0.4, -0.2) is 47.6 Å². The van der Waals surface area contributed by atoms with Crippen LogP contribution in [0.4, 0.5) is 0 Å². The third kappa shape index (κ3) is 4.68. The Morgan fingerprint density at radius 3 is 2.67 bits per heavy atom. The van der Waals surface area contributed by atoms with E-state index in [9.17, 15) is 18.0 Å². The number of nitrogens with zero attached hydrogens (tertiary/aromatic N) is 3. The number of sulfone groups is 1. The maximum absolute atomic E-state index is 12.5. The second-order valence-corrected chi connectivity index (χ2v) is 10.6. The monoisotopic (exact) mass is 546 g/mol. The van der Waals surface area contributed by atoms with Gasteiger partial charge in [0.15, 0.2) is 0 Å². The van der Waals surface area contributed by atoms with Gasteiger partial charge in [-0.25, -0.2) is 18.1 Å². The van der Waals surface area contributed by atoms with Crippen molar-refractivity contribution in [3.8, 4) is 5.75 Å². The molecule has 4 rings (SSSR count). The van der Waals surface area contributed by atoms with Crippen molar-refractivity contribution in [3.63, 3.8) is 0 Å². The topological polar surface area (TPSA) is 129 Å². The van der Waals surface area contributed by atoms with Gasteiger partial charge >= 0.3 is 5.97 Å². The average molecular weight is 547 g/mol. The van der Waals surface area contributed by atoms with E-state index in [2.05, 4.69) is 25.3 Å². The van der Waals surface area contributed by atoms with Gasteiger partial charge in [-0.15, -0.1) is 0 Å². The fourth-order valence-electron chi connectivity index (χ4n) is 3.02. The highest BCUT2D eigenvalue weighted by atomic mass is 79.9. The molecule has 12 heteroatoms. The Morgan fingerprint density at radius 1 is 1.24 bits per heavy atom. The van der Waals surface area contributed by atoms with Crippen molar-refractivity contribution >= 4 is 71.8 Å². The zero-order chi connectivity index (χ0) is 23.9. The van der Waals surface area contributed by atoms with E-state index in [1.165, 1.54) is 6.08 Å². The summed E-state index contributed by atoms with van der Waals surface area (Å²) < 4.78 is 33.7. The molecule has 1 N–H and O–H groups in total. The largest absolute Gasteiger partial charge is 0.422 e. The lowest BCUT2D eigenvalue weighted by molar-refractivity contribution is -0.114. The maximum Gasteiger partial charge on any atom is 0.343 e. The number of fused-ring (bicyclic) bond motifs is 1. The molecule has 0 bridgehead atoms. The van der Waals surface area contributed by atoms with Crippen molar-refractivity contribution in [2.24, 2.45) is 9.39 Å². The van der Waals surface area contributed by atoms with E-state index in [-0.39, 0.29) is 27.5 Å². The number of nitrogens with one attached hydrogen (secondary N) is 1. The van der Waals surface area contributed by atoms with Crippen LogP contribution in [0.15, 0.2) is 61.9 Å². The van der Waals surface area contributed by atoms with Crippen LogP contribution >= 0.6 is 27.9 Å². The minimum absolute atomic E-state index is 0.0159. The van der Waals surface area contributed by atoms with Gasteiger partial charge < -0.3 is 4.74 Å². The minimum Gasteiger partial charge on any atom is -0.422 e. The van der Waals surface area contributed by atoms with Crippen molar-refractivity contribution in [1.29, 1.82) is 5.41 Å².